The number of halogens is 3. The molecule has 1 heterocycles. The van der Waals surface area contributed by atoms with Gasteiger partial charge in [-0.25, -0.2) is 9.78 Å². The van der Waals surface area contributed by atoms with E-state index >= 15 is 0 Å². The lowest BCUT2D eigenvalue weighted by Gasteiger charge is -2.12. The van der Waals surface area contributed by atoms with E-state index < -0.39 is 41.6 Å². The molecule has 0 saturated heterocycles. The highest BCUT2D eigenvalue weighted by Crippen LogP contribution is 2.32. The maximum atomic E-state index is 12.9. The third-order valence-electron chi connectivity index (χ3n) is 3.13. The molecular weight excluding hydrogens is 357 g/mol. The van der Waals surface area contributed by atoms with Crippen molar-refractivity contribution < 1.29 is 27.5 Å². The molecule has 0 fully saturated rings. The number of nitriles is 1. The maximum Gasteiger partial charge on any atom is 0.417 e. The zero-order valence-corrected chi connectivity index (χ0v) is 13.6. The Morgan fingerprint density at radius 3 is 2.60 bits per heavy atom. The summed E-state index contributed by atoms with van der Waals surface area (Å²) in [5.74, 6) is -3.27. The smallest absolute Gasteiger partial charge is 0.417 e. The topological polar surface area (TPSA) is 80.0 Å². The highest BCUT2D eigenvalue weighted by atomic mass is 32.1. The lowest BCUT2D eigenvalue weighted by atomic mass is 10.1. The van der Waals surface area contributed by atoms with Gasteiger partial charge in [0.1, 0.15) is 5.01 Å². The van der Waals surface area contributed by atoms with E-state index in [1.807, 2.05) is 0 Å². The predicted molar refractivity (Wildman–Crippen MR) is 81.9 cm³/mol. The number of nitrogens with zero attached hydrogens (tertiary/aromatic N) is 2. The van der Waals surface area contributed by atoms with Gasteiger partial charge in [-0.05, 0) is 19.1 Å². The lowest BCUT2D eigenvalue weighted by Crippen LogP contribution is -2.21. The van der Waals surface area contributed by atoms with Crippen LogP contribution in [0.25, 0.3) is 0 Å². The molecule has 5 nitrogen and oxygen atoms in total. The van der Waals surface area contributed by atoms with Gasteiger partial charge in [0.15, 0.2) is 18.3 Å². The SMILES string of the molecule is Cc1csc([C@@H](C#N)C(=O)COC(=O)c2ccccc2C(F)(F)F)n1. The van der Waals surface area contributed by atoms with Gasteiger partial charge in [0.25, 0.3) is 0 Å². The fourth-order valence-corrected chi connectivity index (χ4v) is 2.84. The van der Waals surface area contributed by atoms with Gasteiger partial charge in [-0.15, -0.1) is 11.3 Å². The molecule has 25 heavy (non-hydrogen) atoms. The fraction of sp³-hybridized carbons (Fsp3) is 0.250. The second-order valence-electron chi connectivity index (χ2n) is 4.98. The molecule has 9 heteroatoms. The quantitative estimate of drug-likeness (QED) is 0.755. The summed E-state index contributed by atoms with van der Waals surface area (Å²) in [5, 5.41) is 11.0. The van der Waals surface area contributed by atoms with Crippen LogP contribution < -0.4 is 0 Å². The third kappa shape index (κ3) is 4.42. The molecule has 1 aromatic carbocycles. The first-order chi connectivity index (χ1) is 11.7. The molecule has 0 aliphatic carbocycles. The van der Waals surface area contributed by atoms with Crippen LogP contribution in [0.3, 0.4) is 0 Å². The van der Waals surface area contributed by atoms with E-state index in [4.69, 9.17) is 5.26 Å². The number of carbonyl (C=O) groups is 2. The number of carbonyl (C=O) groups excluding carboxylic acids is 2. The van der Waals surface area contributed by atoms with Crippen molar-refractivity contribution in [3.8, 4) is 6.07 Å². The van der Waals surface area contributed by atoms with E-state index in [0.717, 1.165) is 29.5 Å². The number of benzene rings is 1. The minimum Gasteiger partial charge on any atom is -0.454 e. The van der Waals surface area contributed by atoms with Crippen molar-refractivity contribution in [1.29, 1.82) is 5.26 Å². The molecule has 0 saturated carbocycles. The van der Waals surface area contributed by atoms with Crippen molar-refractivity contribution in [2.24, 2.45) is 0 Å². The summed E-state index contributed by atoms with van der Waals surface area (Å²) >= 11 is 1.10. The van der Waals surface area contributed by atoms with Crippen molar-refractivity contribution in [3.05, 3.63) is 51.5 Å². The molecule has 0 aliphatic heterocycles. The van der Waals surface area contributed by atoms with Crippen LogP contribution in [-0.4, -0.2) is 23.3 Å². The van der Waals surface area contributed by atoms with Crippen molar-refractivity contribution in [2.75, 3.05) is 6.61 Å². The normalized spacial score (nSPS) is 12.3. The van der Waals surface area contributed by atoms with Crippen molar-refractivity contribution in [2.45, 2.75) is 19.0 Å². The fourth-order valence-electron chi connectivity index (χ4n) is 1.98. The average molecular weight is 368 g/mol. The van der Waals surface area contributed by atoms with E-state index in [-0.39, 0.29) is 5.01 Å². The first kappa shape index (κ1) is 18.6. The maximum absolute atomic E-state index is 12.9. The van der Waals surface area contributed by atoms with Gasteiger partial charge in [0.05, 0.1) is 17.2 Å². The van der Waals surface area contributed by atoms with Crippen LogP contribution in [0.2, 0.25) is 0 Å². The van der Waals surface area contributed by atoms with Crippen LogP contribution in [0.15, 0.2) is 29.6 Å². The van der Waals surface area contributed by atoms with Gasteiger partial charge in [-0.3, -0.25) is 4.79 Å². The first-order valence-corrected chi connectivity index (χ1v) is 7.79. The van der Waals surface area contributed by atoms with Gasteiger partial charge >= 0.3 is 12.1 Å². The summed E-state index contributed by atoms with van der Waals surface area (Å²) < 4.78 is 43.3. The molecule has 2 aromatic rings. The Morgan fingerprint density at radius 2 is 2.04 bits per heavy atom. The number of ether oxygens (including phenoxy) is 1. The number of thiazole rings is 1. The van der Waals surface area contributed by atoms with E-state index in [1.54, 1.807) is 18.4 Å². The molecule has 130 valence electrons. The molecule has 0 unspecified atom stereocenters. The monoisotopic (exact) mass is 368 g/mol. The Morgan fingerprint density at radius 1 is 1.36 bits per heavy atom. The second-order valence-corrected chi connectivity index (χ2v) is 5.86. The Bertz CT molecular complexity index is 840. The zero-order chi connectivity index (χ0) is 18.6. The Labute approximate surface area is 144 Å². The lowest BCUT2D eigenvalue weighted by molar-refractivity contribution is -0.138. The standard InChI is InChI=1S/C16H11F3N2O3S/c1-9-8-25-14(21-9)11(6-20)13(22)7-24-15(23)10-4-2-3-5-12(10)16(17,18)19/h2-5,8,11H,7H2,1H3/t11-/m0/s1. The highest BCUT2D eigenvalue weighted by molar-refractivity contribution is 7.09. The van der Waals surface area contributed by atoms with E-state index in [0.29, 0.717) is 5.69 Å². The number of hydrogen-bond donors (Lipinski definition) is 0. The number of esters is 1. The molecule has 0 aliphatic rings. The molecular formula is C16H11F3N2O3S. The molecule has 0 radical (unpaired) electrons. The number of Topliss-reactive ketones (excluding diaryl/α,β-unsaturated/α-hetero) is 1. The third-order valence-corrected chi connectivity index (χ3v) is 4.16. The van der Waals surface area contributed by atoms with Crippen LogP contribution in [0.5, 0.6) is 0 Å². The number of aryl methyl sites for hydroxylation is 1. The van der Waals surface area contributed by atoms with Gasteiger partial charge < -0.3 is 4.74 Å². The minimum absolute atomic E-state index is 0.247. The van der Waals surface area contributed by atoms with Crippen LogP contribution in [0, 0.1) is 18.3 Å². The van der Waals surface area contributed by atoms with Crippen LogP contribution >= 0.6 is 11.3 Å². The number of aromatic nitrogens is 1. The van der Waals surface area contributed by atoms with E-state index in [1.165, 1.54) is 6.07 Å². The number of rotatable bonds is 5. The van der Waals surface area contributed by atoms with Gasteiger partial charge in [0, 0.05) is 11.1 Å². The van der Waals surface area contributed by atoms with Crippen molar-refractivity contribution >= 4 is 23.1 Å². The van der Waals surface area contributed by atoms with E-state index in [9.17, 15) is 22.8 Å². The summed E-state index contributed by atoms with van der Waals surface area (Å²) in [6.07, 6.45) is -4.73. The first-order valence-electron chi connectivity index (χ1n) is 6.91. The van der Waals surface area contributed by atoms with Gasteiger partial charge in [-0.2, -0.15) is 18.4 Å². The summed E-state index contributed by atoms with van der Waals surface area (Å²) in [5.41, 5.74) is -1.22. The molecule has 1 atom stereocenters. The molecule has 0 amide bonds. The molecule has 1 aromatic heterocycles. The highest BCUT2D eigenvalue weighted by Gasteiger charge is 2.35. The number of ketones is 1. The largest absolute Gasteiger partial charge is 0.454 e. The molecule has 0 spiro atoms. The van der Waals surface area contributed by atoms with E-state index in [2.05, 4.69) is 9.72 Å². The summed E-state index contributed by atoms with van der Waals surface area (Å²) in [6, 6.07) is 5.86. The number of alkyl halides is 3. The van der Waals surface area contributed by atoms with Crippen molar-refractivity contribution in [1.82, 2.24) is 4.98 Å². The Balaban J connectivity index is 2.10. The van der Waals surface area contributed by atoms with Crippen LogP contribution in [0.4, 0.5) is 13.2 Å². The number of hydrogen-bond acceptors (Lipinski definition) is 6. The summed E-state index contributed by atoms with van der Waals surface area (Å²) in [6.45, 7) is 0.870. The predicted octanol–water partition coefficient (Wildman–Crippen LogP) is 3.50. The minimum atomic E-state index is -4.73. The summed E-state index contributed by atoms with van der Waals surface area (Å²) in [7, 11) is 0. The van der Waals surface area contributed by atoms with Crippen LogP contribution in [-0.2, 0) is 15.7 Å². The molecule has 0 N–H and O–H groups in total. The average Bonchev–Trinajstić information content (AvgIpc) is 2.98. The molecule has 0 bridgehead atoms. The Hall–Kier alpha value is -2.73. The Kier molecular flexibility index (Phi) is 5.54. The second kappa shape index (κ2) is 7.44. The van der Waals surface area contributed by atoms with Gasteiger partial charge in [0.2, 0.25) is 0 Å². The molecule has 2 rings (SSSR count). The summed E-state index contributed by atoms with van der Waals surface area (Å²) in [4.78, 5) is 28.0. The van der Waals surface area contributed by atoms with Crippen LogP contribution in [0.1, 0.15) is 32.5 Å². The van der Waals surface area contributed by atoms with Crippen molar-refractivity contribution in [3.63, 3.8) is 0 Å². The zero-order valence-electron chi connectivity index (χ0n) is 12.8. The van der Waals surface area contributed by atoms with Gasteiger partial charge in [-0.1, -0.05) is 12.1 Å².